The third-order valence-corrected chi connectivity index (χ3v) is 5.19. The number of hydrogen-bond acceptors (Lipinski definition) is 4. The van der Waals surface area contributed by atoms with Crippen LogP contribution in [0.15, 0.2) is 36.5 Å². The number of ether oxygens (including phenoxy) is 2. The van der Waals surface area contributed by atoms with Crippen molar-refractivity contribution < 1.29 is 27.4 Å². The quantitative estimate of drug-likeness (QED) is 0.818. The Morgan fingerprint density at radius 3 is 2.86 bits per heavy atom. The zero-order chi connectivity index (χ0) is 19.8. The molecule has 0 spiro atoms. The number of carbonyl (C=O) groups excluding carboxylic acids is 1. The molecule has 1 saturated carbocycles. The summed E-state index contributed by atoms with van der Waals surface area (Å²) in [6.45, 7) is 2.52. The highest BCUT2D eigenvalue weighted by Gasteiger charge is 2.59. The van der Waals surface area contributed by atoms with Gasteiger partial charge in [0.25, 0.3) is 6.43 Å². The van der Waals surface area contributed by atoms with Crippen LogP contribution in [-0.2, 0) is 4.79 Å². The number of aromatic nitrogens is 1. The van der Waals surface area contributed by atoms with Gasteiger partial charge in [-0.2, -0.15) is 0 Å². The first-order chi connectivity index (χ1) is 13.5. The average molecular weight is 392 g/mol. The number of pyridine rings is 1. The number of hydrogen-bond donors (Lipinski definition) is 1. The van der Waals surface area contributed by atoms with E-state index in [-0.39, 0.29) is 17.4 Å². The second-order valence-electron chi connectivity index (χ2n) is 6.89. The van der Waals surface area contributed by atoms with Crippen LogP contribution < -0.4 is 14.8 Å². The lowest BCUT2D eigenvalue weighted by Crippen LogP contribution is -2.34. The maximum Gasteiger partial charge on any atom is 0.262 e. The molecule has 3 unspecified atom stereocenters. The Hall–Kier alpha value is -2.77. The third-order valence-electron chi connectivity index (χ3n) is 5.19. The summed E-state index contributed by atoms with van der Waals surface area (Å²) in [6, 6.07) is 5.64. The van der Waals surface area contributed by atoms with Gasteiger partial charge in [-0.05, 0) is 36.8 Å². The molecule has 1 aliphatic carbocycles. The third kappa shape index (κ3) is 3.39. The van der Waals surface area contributed by atoms with Gasteiger partial charge >= 0.3 is 0 Å². The summed E-state index contributed by atoms with van der Waals surface area (Å²) in [4.78, 5) is 16.7. The van der Waals surface area contributed by atoms with E-state index in [1.54, 1.807) is 6.92 Å². The van der Waals surface area contributed by atoms with Gasteiger partial charge < -0.3 is 14.8 Å². The van der Waals surface area contributed by atoms with Crippen LogP contribution in [0.1, 0.15) is 30.0 Å². The highest BCUT2D eigenvalue weighted by molar-refractivity contribution is 5.84. The Labute approximate surface area is 159 Å². The van der Waals surface area contributed by atoms with Gasteiger partial charge in [-0.3, -0.25) is 4.79 Å². The van der Waals surface area contributed by atoms with Crippen LogP contribution in [0.2, 0.25) is 0 Å². The number of nitrogens with zero attached hydrogens (tertiary/aromatic N) is 1. The number of amides is 1. The number of nitrogens with one attached hydrogen (secondary N) is 1. The maximum absolute atomic E-state index is 13.6. The van der Waals surface area contributed by atoms with Crippen molar-refractivity contribution in [3.8, 4) is 11.6 Å². The molecule has 5 nitrogen and oxygen atoms in total. The zero-order valence-corrected chi connectivity index (χ0v) is 15.1. The lowest BCUT2D eigenvalue weighted by Gasteiger charge is -2.18. The largest absolute Gasteiger partial charge is 0.493 e. The molecule has 1 aromatic heterocycles. The lowest BCUT2D eigenvalue weighted by atomic mass is 10.0. The van der Waals surface area contributed by atoms with Gasteiger partial charge in [-0.15, -0.1) is 0 Å². The summed E-state index contributed by atoms with van der Waals surface area (Å²) >= 11 is 0. The Bertz CT molecular complexity index is 875. The molecule has 2 heterocycles. The first-order valence-corrected chi connectivity index (χ1v) is 9.09. The monoisotopic (exact) mass is 392 g/mol. The molecule has 0 radical (unpaired) electrons. The summed E-state index contributed by atoms with van der Waals surface area (Å²) in [7, 11) is 0. The highest BCUT2D eigenvalue weighted by atomic mass is 19.3. The minimum absolute atomic E-state index is 0.133. The van der Waals surface area contributed by atoms with Crippen LogP contribution >= 0.6 is 0 Å². The highest BCUT2D eigenvalue weighted by Crippen LogP contribution is 2.59. The fourth-order valence-electron chi connectivity index (χ4n) is 3.81. The number of benzene rings is 1. The second kappa shape index (κ2) is 7.33. The fraction of sp³-hybridized carbons (Fsp3) is 0.400. The molecule has 1 N–H and O–H groups in total. The van der Waals surface area contributed by atoms with Crippen LogP contribution in [0.25, 0.3) is 0 Å². The van der Waals surface area contributed by atoms with E-state index < -0.39 is 30.1 Å². The zero-order valence-electron chi connectivity index (χ0n) is 15.1. The van der Waals surface area contributed by atoms with E-state index in [1.807, 2.05) is 0 Å². The smallest absolute Gasteiger partial charge is 0.262 e. The van der Waals surface area contributed by atoms with Crippen molar-refractivity contribution in [2.75, 3.05) is 13.2 Å². The van der Waals surface area contributed by atoms with E-state index in [9.17, 15) is 18.0 Å². The summed E-state index contributed by atoms with van der Waals surface area (Å²) in [5.74, 6) is -0.897. The van der Waals surface area contributed by atoms with Gasteiger partial charge in [0.2, 0.25) is 11.8 Å². The van der Waals surface area contributed by atoms with Crippen molar-refractivity contribution in [1.82, 2.24) is 10.3 Å². The molecular weight excluding hydrogens is 373 g/mol. The molecule has 1 fully saturated rings. The van der Waals surface area contributed by atoms with E-state index in [1.165, 1.54) is 36.5 Å². The normalized spacial score (nSPS) is 23.2. The van der Waals surface area contributed by atoms with Gasteiger partial charge in [-0.25, -0.2) is 18.2 Å². The molecule has 4 atom stereocenters. The van der Waals surface area contributed by atoms with E-state index in [0.717, 1.165) is 0 Å². The summed E-state index contributed by atoms with van der Waals surface area (Å²) in [5.41, 5.74) is 0.811. The van der Waals surface area contributed by atoms with Crippen molar-refractivity contribution >= 4 is 5.91 Å². The predicted molar refractivity (Wildman–Crippen MR) is 93.9 cm³/mol. The summed E-state index contributed by atoms with van der Waals surface area (Å²) < 4.78 is 51.5. The molecule has 4 rings (SSSR count). The predicted octanol–water partition coefficient (Wildman–Crippen LogP) is 3.46. The molecule has 148 valence electrons. The molecule has 0 saturated heterocycles. The van der Waals surface area contributed by atoms with Crippen molar-refractivity contribution in [3.05, 3.63) is 53.5 Å². The minimum atomic E-state index is -2.80. The number of halogens is 3. The molecule has 0 bridgehead atoms. The molecule has 1 aromatic carbocycles. The standard InChI is InChI=1S/C20H19F3N2O3/c1-2-27-15-6-3-10(8-24-15)18(19(22)23)25-20(26)17-13-9-28-14-5-4-11(21)7-12(14)16(13)17/h3-8,13,16-19H,2,9H2,1H3,(H,25,26)/t13?,16?,17?,18-/m1/s1. The first kappa shape index (κ1) is 18.6. The molecule has 28 heavy (non-hydrogen) atoms. The summed E-state index contributed by atoms with van der Waals surface area (Å²) in [5, 5.41) is 2.43. The van der Waals surface area contributed by atoms with E-state index >= 15 is 0 Å². The fourth-order valence-corrected chi connectivity index (χ4v) is 3.81. The molecule has 8 heteroatoms. The van der Waals surface area contributed by atoms with Gasteiger partial charge in [0.15, 0.2) is 0 Å². The number of rotatable bonds is 6. The van der Waals surface area contributed by atoms with Gasteiger partial charge in [0.1, 0.15) is 17.6 Å². The lowest BCUT2D eigenvalue weighted by molar-refractivity contribution is -0.124. The number of fused-ring (bicyclic) bond motifs is 3. The van der Waals surface area contributed by atoms with Crippen LogP contribution in [0.4, 0.5) is 13.2 Å². The Balaban J connectivity index is 1.49. The molecule has 1 amide bonds. The van der Waals surface area contributed by atoms with E-state index in [0.29, 0.717) is 30.4 Å². The Morgan fingerprint density at radius 1 is 1.36 bits per heavy atom. The first-order valence-electron chi connectivity index (χ1n) is 9.09. The van der Waals surface area contributed by atoms with Crippen molar-refractivity contribution in [3.63, 3.8) is 0 Å². The number of alkyl halides is 2. The van der Waals surface area contributed by atoms with E-state index in [2.05, 4.69) is 10.3 Å². The van der Waals surface area contributed by atoms with Crippen LogP contribution in [0.5, 0.6) is 11.6 Å². The Kier molecular flexibility index (Phi) is 4.87. The van der Waals surface area contributed by atoms with Crippen molar-refractivity contribution in [2.45, 2.75) is 25.3 Å². The molecule has 2 aliphatic rings. The average Bonchev–Trinajstić information content (AvgIpc) is 3.42. The molecule has 2 aromatic rings. The van der Waals surface area contributed by atoms with Crippen LogP contribution in [0, 0.1) is 17.7 Å². The van der Waals surface area contributed by atoms with Crippen molar-refractivity contribution in [2.24, 2.45) is 11.8 Å². The topological polar surface area (TPSA) is 60.5 Å². The van der Waals surface area contributed by atoms with Gasteiger partial charge in [-0.1, -0.05) is 0 Å². The second-order valence-corrected chi connectivity index (χ2v) is 6.89. The van der Waals surface area contributed by atoms with Gasteiger partial charge in [0.05, 0.1) is 19.1 Å². The van der Waals surface area contributed by atoms with Crippen molar-refractivity contribution in [1.29, 1.82) is 0 Å². The number of carbonyl (C=O) groups is 1. The molecular formula is C20H19F3N2O3. The Morgan fingerprint density at radius 2 is 2.18 bits per heavy atom. The van der Waals surface area contributed by atoms with Gasteiger partial charge in [0, 0.05) is 29.7 Å². The SMILES string of the molecule is CCOc1ccc([C@@H](NC(=O)C2C3COc4ccc(F)cc4C32)C(F)F)cn1. The maximum atomic E-state index is 13.6. The van der Waals surface area contributed by atoms with Crippen LogP contribution in [0.3, 0.4) is 0 Å². The minimum Gasteiger partial charge on any atom is -0.493 e. The summed E-state index contributed by atoms with van der Waals surface area (Å²) in [6.07, 6.45) is -1.53. The van der Waals surface area contributed by atoms with Crippen LogP contribution in [-0.4, -0.2) is 30.5 Å². The molecule has 1 aliphatic heterocycles. The van der Waals surface area contributed by atoms with E-state index in [4.69, 9.17) is 9.47 Å².